The maximum absolute atomic E-state index is 13.2. The largest absolute Gasteiger partial charge is 0.354 e. The molecule has 0 radical (unpaired) electrons. The molecule has 0 fully saturated rings. The fraction of sp³-hybridized carbons (Fsp3) is 0.435. The second-order valence-corrected chi connectivity index (χ2v) is 10.1. The lowest BCUT2D eigenvalue weighted by atomic mass is 10.0. The van der Waals surface area contributed by atoms with Crippen LogP contribution in [0.15, 0.2) is 41.2 Å². The van der Waals surface area contributed by atoms with E-state index in [9.17, 15) is 4.79 Å². The van der Waals surface area contributed by atoms with Crippen LogP contribution < -0.4 is 5.43 Å². The molecule has 4 nitrogen and oxygen atoms in total. The Balaban J connectivity index is 0.00000240. The van der Waals surface area contributed by atoms with Gasteiger partial charge in [-0.3, -0.25) is 4.79 Å². The number of benzene rings is 2. The molecule has 0 saturated heterocycles. The molecule has 8 heteroatoms. The maximum atomic E-state index is 13.2. The third-order valence-corrected chi connectivity index (χ3v) is 6.89. The number of nitrogens with one attached hydrogen (secondary N) is 1. The zero-order valence-electron chi connectivity index (χ0n) is 18.6. The second kappa shape index (κ2) is 13.6. The zero-order chi connectivity index (χ0) is 20.8. The number of hydrogen-bond donors (Lipinski definition) is 1. The van der Waals surface area contributed by atoms with Crippen LogP contribution in [0, 0.1) is 0 Å². The van der Waals surface area contributed by atoms with Crippen LogP contribution in [0.4, 0.5) is 0 Å². The van der Waals surface area contributed by atoms with Crippen molar-refractivity contribution in [3.63, 3.8) is 0 Å². The Bertz CT molecular complexity index is 948. The third kappa shape index (κ3) is 7.58. The highest BCUT2D eigenvalue weighted by molar-refractivity contribution is 7.98. The number of halogens is 2. The van der Waals surface area contributed by atoms with E-state index in [1.165, 1.54) is 11.1 Å². The molecule has 0 aliphatic carbocycles. The molecule has 0 atom stereocenters. The molecule has 3 aromatic rings. The van der Waals surface area contributed by atoms with Gasteiger partial charge in [-0.2, -0.15) is 23.5 Å². The fourth-order valence-electron chi connectivity index (χ4n) is 3.24. The van der Waals surface area contributed by atoms with Crippen LogP contribution in [0.3, 0.4) is 0 Å². The molecule has 3 rings (SSSR count). The van der Waals surface area contributed by atoms with Crippen molar-refractivity contribution in [2.24, 2.45) is 0 Å². The molecule has 0 spiro atoms. The van der Waals surface area contributed by atoms with Gasteiger partial charge in [0.1, 0.15) is 0 Å². The van der Waals surface area contributed by atoms with Crippen molar-refractivity contribution < 1.29 is 0 Å². The predicted molar refractivity (Wildman–Crippen MR) is 146 cm³/mol. The van der Waals surface area contributed by atoms with E-state index in [0.717, 1.165) is 57.9 Å². The van der Waals surface area contributed by atoms with Crippen LogP contribution in [-0.2, 0) is 11.5 Å². The molecular weight excluding hydrogens is 469 g/mol. The Morgan fingerprint density at radius 3 is 1.55 bits per heavy atom. The highest BCUT2D eigenvalue weighted by Crippen LogP contribution is 2.25. The first-order chi connectivity index (χ1) is 14.0. The van der Waals surface area contributed by atoms with Crippen molar-refractivity contribution in [1.29, 1.82) is 0 Å². The molecule has 1 heterocycles. The number of aromatic nitrogens is 1. The zero-order valence-corrected chi connectivity index (χ0v) is 21.9. The molecule has 0 aliphatic rings. The molecule has 0 saturated carbocycles. The molecule has 0 bridgehead atoms. The van der Waals surface area contributed by atoms with Gasteiger partial charge in [-0.15, -0.1) is 24.8 Å². The van der Waals surface area contributed by atoms with Gasteiger partial charge >= 0.3 is 0 Å². The van der Waals surface area contributed by atoms with Crippen LogP contribution in [0.1, 0.15) is 11.1 Å². The van der Waals surface area contributed by atoms with Crippen LogP contribution in [0.25, 0.3) is 21.8 Å². The summed E-state index contributed by atoms with van der Waals surface area (Å²) in [5, 5.41) is 1.58. The first-order valence-corrected chi connectivity index (χ1v) is 12.3. The lowest BCUT2D eigenvalue weighted by molar-refractivity contribution is 0.437. The van der Waals surface area contributed by atoms with Gasteiger partial charge in [-0.25, -0.2) is 0 Å². The first-order valence-electron chi connectivity index (χ1n) is 9.98. The van der Waals surface area contributed by atoms with E-state index in [0.29, 0.717) is 0 Å². The Morgan fingerprint density at radius 2 is 1.16 bits per heavy atom. The van der Waals surface area contributed by atoms with Crippen molar-refractivity contribution >= 4 is 70.1 Å². The van der Waals surface area contributed by atoms with Crippen LogP contribution in [-0.4, -0.2) is 67.6 Å². The second-order valence-electron chi connectivity index (χ2n) is 7.85. The molecule has 0 amide bonds. The molecule has 31 heavy (non-hydrogen) atoms. The maximum Gasteiger partial charge on any atom is 0.197 e. The summed E-state index contributed by atoms with van der Waals surface area (Å²) in [7, 11) is 8.39. The molecule has 0 unspecified atom stereocenters. The van der Waals surface area contributed by atoms with Gasteiger partial charge in [-0.1, -0.05) is 24.3 Å². The van der Waals surface area contributed by atoms with Gasteiger partial charge in [0.15, 0.2) is 5.43 Å². The number of nitrogens with zero attached hydrogens (tertiary/aromatic N) is 2. The molecule has 0 aliphatic heterocycles. The van der Waals surface area contributed by atoms with E-state index in [1.807, 2.05) is 47.8 Å². The number of para-hydroxylation sites is 2. The van der Waals surface area contributed by atoms with Gasteiger partial charge in [-0.05, 0) is 51.5 Å². The van der Waals surface area contributed by atoms with Crippen molar-refractivity contribution in [1.82, 2.24) is 14.8 Å². The van der Waals surface area contributed by atoms with Crippen molar-refractivity contribution in [2.45, 2.75) is 11.5 Å². The number of H-pyrrole nitrogens is 1. The predicted octanol–water partition coefficient (Wildman–Crippen LogP) is 5.11. The summed E-state index contributed by atoms with van der Waals surface area (Å²) in [5.41, 5.74) is 4.54. The van der Waals surface area contributed by atoms with E-state index in [4.69, 9.17) is 0 Å². The smallest absolute Gasteiger partial charge is 0.197 e. The Morgan fingerprint density at radius 1 is 0.742 bits per heavy atom. The van der Waals surface area contributed by atoms with E-state index in [2.05, 4.69) is 55.1 Å². The Hall–Kier alpha value is -0.890. The normalized spacial score (nSPS) is 11.2. The van der Waals surface area contributed by atoms with Crippen molar-refractivity contribution in [2.75, 3.05) is 52.8 Å². The number of fused-ring (bicyclic) bond motifs is 2. The average Bonchev–Trinajstić information content (AvgIpc) is 2.69. The van der Waals surface area contributed by atoms with Crippen molar-refractivity contribution in [3.05, 3.63) is 57.7 Å². The summed E-state index contributed by atoms with van der Waals surface area (Å²) < 4.78 is 0. The van der Waals surface area contributed by atoms with E-state index in [1.54, 1.807) is 0 Å². The number of hydrogen-bond acceptors (Lipinski definition) is 5. The Labute approximate surface area is 206 Å². The minimum Gasteiger partial charge on any atom is -0.354 e. The van der Waals surface area contributed by atoms with Crippen LogP contribution >= 0.6 is 48.3 Å². The number of pyridine rings is 1. The van der Waals surface area contributed by atoms with Crippen LogP contribution in [0.5, 0.6) is 0 Å². The quantitative estimate of drug-likeness (QED) is 0.308. The summed E-state index contributed by atoms with van der Waals surface area (Å²) in [6.45, 7) is 2.12. The summed E-state index contributed by atoms with van der Waals surface area (Å²) in [6, 6.07) is 12.2. The van der Waals surface area contributed by atoms with Gasteiger partial charge in [0, 0.05) is 46.9 Å². The first kappa shape index (κ1) is 28.1. The average molecular weight is 503 g/mol. The summed E-state index contributed by atoms with van der Waals surface area (Å²) in [4.78, 5) is 21.2. The number of thioether (sulfide) groups is 2. The van der Waals surface area contributed by atoms with Gasteiger partial charge in [0.05, 0.1) is 11.0 Å². The van der Waals surface area contributed by atoms with E-state index in [-0.39, 0.29) is 30.2 Å². The molecule has 2 aromatic carbocycles. The highest BCUT2D eigenvalue weighted by Gasteiger charge is 2.11. The molecular formula is C23H33Cl2N3OS2. The molecule has 1 N–H and O–H groups in total. The minimum atomic E-state index is 0. The summed E-state index contributed by atoms with van der Waals surface area (Å²) >= 11 is 3.82. The minimum absolute atomic E-state index is 0. The summed E-state index contributed by atoms with van der Waals surface area (Å²) in [6.07, 6.45) is 0. The lowest BCUT2D eigenvalue weighted by Gasteiger charge is -2.13. The third-order valence-electron chi connectivity index (χ3n) is 4.92. The number of aromatic amines is 1. The van der Waals surface area contributed by atoms with Gasteiger partial charge in [0.25, 0.3) is 0 Å². The molecule has 1 aromatic heterocycles. The van der Waals surface area contributed by atoms with Gasteiger partial charge in [0.2, 0.25) is 0 Å². The van der Waals surface area contributed by atoms with Crippen molar-refractivity contribution in [3.8, 4) is 0 Å². The topological polar surface area (TPSA) is 39.3 Å². The van der Waals surface area contributed by atoms with E-state index < -0.39 is 0 Å². The number of rotatable bonds is 10. The van der Waals surface area contributed by atoms with E-state index >= 15 is 0 Å². The highest BCUT2D eigenvalue weighted by atomic mass is 35.5. The monoisotopic (exact) mass is 501 g/mol. The van der Waals surface area contributed by atoms with Gasteiger partial charge < -0.3 is 14.8 Å². The van der Waals surface area contributed by atoms with Crippen LogP contribution in [0.2, 0.25) is 0 Å². The molecule has 172 valence electrons. The summed E-state index contributed by atoms with van der Waals surface area (Å²) in [5.74, 6) is 3.97. The lowest BCUT2D eigenvalue weighted by Crippen LogP contribution is -2.15. The SMILES string of the molecule is CN(C)CCSCc1cccc2c(=O)c3cccc(CSCCN(C)C)c3[nH]c12.Cl.Cl. The standard InChI is InChI=1S/C23H31N3OS2.2ClH/c1-25(2)11-13-28-15-17-7-5-9-19-21(17)24-22-18(16-29-14-12-26(3)4)8-6-10-20(22)23(19)27;;/h5-10H,11-16H2,1-4H3,(H,24,27);2*1H. The Kier molecular flexibility index (Phi) is 12.4. The fourth-order valence-corrected chi connectivity index (χ4v) is 5.44.